The monoisotopic (exact) mass is 182 g/mol. The predicted molar refractivity (Wildman–Crippen MR) is 59.6 cm³/mol. The third-order valence-electron chi connectivity index (χ3n) is 1.58. The summed E-state index contributed by atoms with van der Waals surface area (Å²) in [5, 5.41) is 0. The summed E-state index contributed by atoms with van der Waals surface area (Å²) >= 11 is 0. The summed E-state index contributed by atoms with van der Waals surface area (Å²) in [6.07, 6.45) is 11.0. The van der Waals surface area contributed by atoms with E-state index in [4.69, 9.17) is 0 Å². The zero-order valence-electron chi connectivity index (χ0n) is 8.12. The van der Waals surface area contributed by atoms with Gasteiger partial charge >= 0.3 is 0 Å². The molecule has 0 bridgehead atoms. The highest BCUT2D eigenvalue weighted by molar-refractivity contribution is 7.72. The van der Waals surface area contributed by atoms with Gasteiger partial charge in [-0.2, -0.15) is 0 Å². The molecule has 0 N–H and O–H groups in total. The smallest absolute Gasteiger partial charge is 0.124 e. The lowest BCUT2D eigenvalue weighted by Gasteiger charge is -2.04. The summed E-state index contributed by atoms with van der Waals surface area (Å²) in [4.78, 5) is 0. The van der Waals surface area contributed by atoms with Crippen LogP contribution in [0.5, 0.6) is 0 Å². The summed E-state index contributed by atoms with van der Waals surface area (Å²) in [7, 11) is -0.988. The molecule has 0 saturated carbocycles. The van der Waals surface area contributed by atoms with Crippen molar-refractivity contribution in [1.29, 1.82) is 0 Å². The van der Waals surface area contributed by atoms with Crippen LogP contribution in [0.2, 0.25) is 0 Å². The fraction of sp³-hybridized carbons (Fsp3) is 0.500. The number of hydrogen-bond donors (Lipinski definition) is 0. The normalized spacial score (nSPS) is 18.4. The van der Waals surface area contributed by atoms with Crippen molar-refractivity contribution in [3.63, 3.8) is 0 Å². The molecule has 1 nitrogen and oxygen atoms in total. The minimum absolute atomic E-state index is 0.988. The Kier molecular flexibility index (Phi) is 3.22. The van der Waals surface area contributed by atoms with Gasteiger partial charge in [-0.15, -0.1) is 4.76 Å². The Labute approximate surface area is 75.7 Å². The second-order valence-electron chi connectivity index (χ2n) is 3.87. The van der Waals surface area contributed by atoms with Crippen molar-refractivity contribution in [3.05, 3.63) is 23.8 Å². The Bertz CT molecular complexity index is 231. The molecular formula is C10H17NP+. The lowest BCUT2D eigenvalue weighted by molar-refractivity contribution is 1.03. The molecule has 0 aromatic heterocycles. The van der Waals surface area contributed by atoms with Crippen LogP contribution in [0.3, 0.4) is 0 Å². The molecule has 2 heteroatoms. The Morgan fingerprint density at radius 3 is 2.58 bits per heavy atom. The van der Waals surface area contributed by atoms with Gasteiger partial charge in [0.2, 0.25) is 0 Å². The van der Waals surface area contributed by atoms with Gasteiger partial charge in [0.1, 0.15) is 7.41 Å². The molecule has 1 aliphatic rings. The summed E-state index contributed by atoms with van der Waals surface area (Å²) < 4.78 is 4.55. The zero-order chi connectivity index (χ0) is 9.03. The van der Waals surface area contributed by atoms with Gasteiger partial charge in [-0.3, -0.25) is 0 Å². The van der Waals surface area contributed by atoms with Gasteiger partial charge in [0.25, 0.3) is 0 Å². The van der Waals surface area contributed by atoms with Crippen molar-refractivity contribution in [1.82, 2.24) is 0 Å². The van der Waals surface area contributed by atoms with E-state index in [0.29, 0.717) is 0 Å². The van der Waals surface area contributed by atoms with Crippen LogP contribution in [-0.4, -0.2) is 26.2 Å². The molecule has 0 saturated heterocycles. The lowest BCUT2D eigenvalue weighted by Crippen LogP contribution is -1.87. The third kappa shape index (κ3) is 3.82. The van der Waals surface area contributed by atoms with E-state index in [0.717, 1.165) is 0 Å². The van der Waals surface area contributed by atoms with Gasteiger partial charge in [0.05, 0.1) is 26.2 Å². The van der Waals surface area contributed by atoms with Gasteiger partial charge in [0, 0.05) is 0 Å². The maximum atomic E-state index is 4.55. The van der Waals surface area contributed by atoms with Crippen molar-refractivity contribution in [2.24, 2.45) is 4.76 Å². The van der Waals surface area contributed by atoms with E-state index in [1.165, 1.54) is 18.4 Å². The highest BCUT2D eigenvalue weighted by atomic mass is 31.2. The second-order valence-corrected chi connectivity index (χ2v) is 7.98. The van der Waals surface area contributed by atoms with Crippen LogP contribution in [0.1, 0.15) is 12.8 Å². The molecule has 1 rings (SSSR count). The van der Waals surface area contributed by atoms with Crippen LogP contribution in [0.15, 0.2) is 28.6 Å². The molecule has 0 spiro atoms. The molecule has 0 heterocycles. The Morgan fingerprint density at radius 2 is 2.08 bits per heavy atom. The summed E-state index contributed by atoms with van der Waals surface area (Å²) in [6, 6.07) is 0. The van der Waals surface area contributed by atoms with Gasteiger partial charge in [-0.25, -0.2) is 0 Å². The van der Waals surface area contributed by atoms with Crippen LogP contribution in [-0.2, 0) is 0 Å². The van der Waals surface area contributed by atoms with Gasteiger partial charge in [-0.1, -0.05) is 18.2 Å². The lowest BCUT2D eigenvalue weighted by atomic mass is 10.1. The standard InChI is InChI=1S/C10H17NP/c1-12(2,3)11-9-10-7-5-4-6-8-10/h5,7-9H,4,6H2,1-3H3/q+1. The highest BCUT2D eigenvalue weighted by Gasteiger charge is 2.13. The predicted octanol–water partition coefficient (Wildman–Crippen LogP) is 3.16. The summed E-state index contributed by atoms with van der Waals surface area (Å²) in [6.45, 7) is 6.66. The maximum Gasteiger partial charge on any atom is 0.124 e. The first kappa shape index (κ1) is 9.67. The molecule has 0 aromatic carbocycles. The van der Waals surface area contributed by atoms with E-state index in [-0.39, 0.29) is 0 Å². The molecule has 0 fully saturated rings. The number of hydrogen-bond acceptors (Lipinski definition) is 1. The molecule has 0 amide bonds. The Hall–Kier alpha value is -0.420. The quantitative estimate of drug-likeness (QED) is 0.459. The fourth-order valence-electron chi connectivity index (χ4n) is 0.969. The van der Waals surface area contributed by atoms with Gasteiger partial charge < -0.3 is 0 Å². The minimum Gasteiger partial charge on any atom is -0.138 e. The van der Waals surface area contributed by atoms with E-state index in [9.17, 15) is 0 Å². The minimum atomic E-state index is -0.988. The van der Waals surface area contributed by atoms with Crippen LogP contribution in [0, 0.1) is 0 Å². The van der Waals surface area contributed by atoms with E-state index >= 15 is 0 Å². The molecule has 0 radical (unpaired) electrons. The molecule has 0 atom stereocenters. The third-order valence-corrected chi connectivity index (χ3v) is 2.39. The van der Waals surface area contributed by atoms with Crippen molar-refractivity contribution in [2.45, 2.75) is 12.8 Å². The molecule has 66 valence electrons. The van der Waals surface area contributed by atoms with Crippen molar-refractivity contribution >= 4 is 13.6 Å². The second kappa shape index (κ2) is 4.00. The van der Waals surface area contributed by atoms with Crippen LogP contribution in [0.4, 0.5) is 0 Å². The molecule has 0 aliphatic heterocycles. The van der Waals surface area contributed by atoms with Gasteiger partial charge in [0.15, 0.2) is 0 Å². The zero-order valence-corrected chi connectivity index (χ0v) is 9.01. The summed E-state index contributed by atoms with van der Waals surface area (Å²) in [5.41, 5.74) is 1.27. The highest BCUT2D eigenvalue weighted by Crippen LogP contribution is 2.47. The van der Waals surface area contributed by atoms with Crippen LogP contribution < -0.4 is 0 Å². The molecule has 1 aliphatic carbocycles. The molecule has 0 aromatic rings. The number of allylic oxidation sites excluding steroid dienone is 4. The first-order valence-electron chi connectivity index (χ1n) is 4.32. The van der Waals surface area contributed by atoms with E-state index in [1.807, 2.05) is 6.21 Å². The largest absolute Gasteiger partial charge is 0.138 e. The number of nitrogens with zero attached hydrogens (tertiary/aromatic N) is 1. The SMILES string of the molecule is C[P+](C)(C)N=CC1=CCCC=C1. The number of rotatable bonds is 2. The molecule has 12 heavy (non-hydrogen) atoms. The first-order chi connectivity index (χ1) is 5.58. The van der Waals surface area contributed by atoms with E-state index in [1.54, 1.807) is 0 Å². The van der Waals surface area contributed by atoms with Crippen molar-refractivity contribution < 1.29 is 0 Å². The first-order valence-corrected chi connectivity index (χ1v) is 7.40. The van der Waals surface area contributed by atoms with Gasteiger partial charge in [-0.05, 0) is 18.4 Å². The van der Waals surface area contributed by atoms with Crippen LogP contribution in [0.25, 0.3) is 0 Å². The Balaban J connectivity index is 2.56. The Morgan fingerprint density at radius 1 is 1.33 bits per heavy atom. The van der Waals surface area contributed by atoms with Crippen LogP contribution >= 0.6 is 7.41 Å². The van der Waals surface area contributed by atoms with Crippen molar-refractivity contribution in [2.75, 3.05) is 20.0 Å². The van der Waals surface area contributed by atoms with Crippen molar-refractivity contribution in [3.8, 4) is 0 Å². The fourth-order valence-corrected chi connectivity index (χ4v) is 1.45. The average Bonchev–Trinajstić information content (AvgIpc) is 2.02. The topological polar surface area (TPSA) is 12.4 Å². The molecular weight excluding hydrogens is 165 g/mol. The van der Waals surface area contributed by atoms with E-state index in [2.05, 4.69) is 43.0 Å². The molecule has 0 unspecified atom stereocenters. The average molecular weight is 182 g/mol. The maximum absolute atomic E-state index is 4.55. The summed E-state index contributed by atoms with van der Waals surface area (Å²) in [5.74, 6) is 0. The van der Waals surface area contributed by atoms with E-state index < -0.39 is 7.41 Å².